The van der Waals surface area contributed by atoms with E-state index in [0.717, 1.165) is 13.1 Å². The minimum absolute atomic E-state index is 0.0289. The Morgan fingerprint density at radius 1 is 1.30 bits per heavy atom. The van der Waals surface area contributed by atoms with E-state index in [0.29, 0.717) is 18.8 Å². The third-order valence-electron chi connectivity index (χ3n) is 3.29. The molecule has 0 spiro atoms. The summed E-state index contributed by atoms with van der Waals surface area (Å²) in [6.45, 7) is 2.88. The molecule has 0 unspecified atom stereocenters. The minimum atomic E-state index is -0.764. The highest BCUT2D eigenvalue weighted by molar-refractivity contribution is 6.67. The highest BCUT2D eigenvalue weighted by Gasteiger charge is 2.27. The van der Waals surface area contributed by atoms with Crippen molar-refractivity contribution in [1.82, 2.24) is 4.90 Å². The molecule has 0 radical (unpaired) electrons. The molecule has 6 nitrogen and oxygen atoms in total. The number of piperazine rings is 1. The average molecular weight is 318 g/mol. The van der Waals surface area contributed by atoms with Crippen molar-refractivity contribution in [1.29, 1.82) is 0 Å². The van der Waals surface area contributed by atoms with Crippen molar-refractivity contribution in [2.75, 3.05) is 38.1 Å². The van der Waals surface area contributed by atoms with Gasteiger partial charge >= 0.3 is 0 Å². The third-order valence-corrected chi connectivity index (χ3v) is 3.79. The van der Waals surface area contributed by atoms with Crippen molar-refractivity contribution in [3.05, 3.63) is 32.8 Å². The number of hydrogen-bond acceptors (Lipinski definition) is 5. The second kappa shape index (κ2) is 5.95. The van der Waals surface area contributed by atoms with Crippen LogP contribution in [-0.4, -0.2) is 48.3 Å². The lowest BCUT2D eigenvalue weighted by atomic mass is 10.1. The van der Waals surface area contributed by atoms with Gasteiger partial charge in [-0.2, -0.15) is 0 Å². The molecule has 0 N–H and O–H groups in total. The fourth-order valence-electron chi connectivity index (χ4n) is 2.18. The third kappa shape index (κ3) is 3.03. The molecule has 2 rings (SSSR count). The molecular weight excluding hydrogens is 305 g/mol. The van der Waals surface area contributed by atoms with E-state index in [1.165, 1.54) is 12.1 Å². The molecule has 0 amide bonds. The Morgan fingerprint density at radius 3 is 2.40 bits per heavy atom. The van der Waals surface area contributed by atoms with Gasteiger partial charge in [-0.05, 0) is 24.7 Å². The standard InChI is InChI=1S/C12H13Cl2N3O3/c1-15-2-4-16(5-3-15)11-9(13)6-8(12(14)18)7-10(11)17(19)20/h6-7H,2-5H2,1H3. The molecule has 0 aliphatic carbocycles. The molecule has 1 heterocycles. The number of carbonyl (C=O) groups excluding carboxylic acids is 1. The molecule has 0 aromatic heterocycles. The van der Waals surface area contributed by atoms with Gasteiger partial charge in [0.25, 0.3) is 10.9 Å². The van der Waals surface area contributed by atoms with Crippen LogP contribution in [0.2, 0.25) is 5.02 Å². The second-order valence-corrected chi connectivity index (χ2v) is 5.40. The maximum absolute atomic E-state index is 11.2. The Morgan fingerprint density at radius 2 is 1.90 bits per heavy atom. The van der Waals surface area contributed by atoms with E-state index < -0.39 is 10.2 Å². The molecule has 1 aliphatic rings. The lowest BCUT2D eigenvalue weighted by Gasteiger charge is -2.34. The monoisotopic (exact) mass is 317 g/mol. The van der Waals surface area contributed by atoms with Crippen LogP contribution in [0.3, 0.4) is 0 Å². The van der Waals surface area contributed by atoms with E-state index in [9.17, 15) is 14.9 Å². The maximum Gasteiger partial charge on any atom is 0.294 e. The van der Waals surface area contributed by atoms with Crippen molar-refractivity contribution in [3.8, 4) is 0 Å². The summed E-state index contributed by atoms with van der Waals surface area (Å²) in [4.78, 5) is 25.8. The van der Waals surface area contributed by atoms with E-state index in [1.54, 1.807) is 0 Å². The van der Waals surface area contributed by atoms with Gasteiger partial charge in [-0.15, -0.1) is 0 Å². The summed E-state index contributed by atoms with van der Waals surface area (Å²) >= 11 is 11.5. The Labute approximate surface area is 126 Å². The summed E-state index contributed by atoms with van der Waals surface area (Å²) < 4.78 is 0. The van der Waals surface area contributed by atoms with Crippen LogP contribution in [0.4, 0.5) is 11.4 Å². The molecule has 20 heavy (non-hydrogen) atoms. The van der Waals surface area contributed by atoms with Crippen molar-refractivity contribution in [3.63, 3.8) is 0 Å². The molecule has 0 bridgehead atoms. The number of halogens is 2. The van der Waals surface area contributed by atoms with E-state index in [1.807, 2.05) is 11.9 Å². The smallest absolute Gasteiger partial charge is 0.294 e. The maximum atomic E-state index is 11.2. The Kier molecular flexibility index (Phi) is 4.47. The Bertz CT molecular complexity index is 557. The molecule has 1 aliphatic heterocycles. The van der Waals surface area contributed by atoms with Crippen LogP contribution in [0.15, 0.2) is 12.1 Å². The number of rotatable bonds is 3. The highest BCUT2D eigenvalue weighted by Crippen LogP contribution is 2.37. The predicted octanol–water partition coefficient (Wildman–Crippen LogP) is 2.38. The zero-order valence-corrected chi connectivity index (χ0v) is 12.3. The van der Waals surface area contributed by atoms with E-state index in [2.05, 4.69) is 4.90 Å². The lowest BCUT2D eigenvalue weighted by Crippen LogP contribution is -2.44. The van der Waals surface area contributed by atoms with Gasteiger partial charge in [-0.3, -0.25) is 14.9 Å². The van der Waals surface area contributed by atoms with Crippen molar-refractivity contribution >= 4 is 39.8 Å². The summed E-state index contributed by atoms with van der Waals surface area (Å²) in [5.74, 6) is 0. The Hall–Kier alpha value is -1.37. The van der Waals surface area contributed by atoms with Crippen molar-refractivity contribution < 1.29 is 9.72 Å². The van der Waals surface area contributed by atoms with E-state index in [-0.39, 0.29) is 16.3 Å². The predicted molar refractivity (Wildman–Crippen MR) is 78.0 cm³/mol. The average Bonchev–Trinajstić information content (AvgIpc) is 2.39. The summed E-state index contributed by atoms with van der Waals surface area (Å²) in [6.07, 6.45) is 0. The summed E-state index contributed by atoms with van der Waals surface area (Å²) in [5.41, 5.74) is 0.193. The van der Waals surface area contributed by atoms with E-state index >= 15 is 0 Å². The van der Waals surface area contributed by atoms with E-state index in [4.69, 9.17) is 23.2 Å². The van der Waals surface area contributed by atoms with Gasteiger partial charge in [0.1, 0.15) is 5.69 Å². The van der Waals surface area contributed by atoms with Crippen LogP contribution >= 0.6 is 23.2 Å². The van der Waals surface area contributed by atoms with Crippen LogP contribution in [0.1, 0.15) is 10.4 Å². The van der Waals surface area contributed by atoms with Crippen LogP contribution in [-0.2, 0) is 0 Å². The molecule has 0 saturated carbocycles. The normalized spacial score (nSPS) is 16.2. The zero-order chi connectivity index (χ0) is 14.9. The number of carbonyl (C=O) groups is 1. The van der Waals surface area contributed by atoms with Gasteiger partial charge < -0.3 is 9.80 Å². The van der Waals surface area contributed by atoms with Crippen LogP contribution in [0, 0.1) is 10.1 Å². The number of nitro groups is 1. The molecule has 1 aromatic carbocycles. The molecular formula is C12H13Cl2N3O3. The lowest BCUT2D eigenvalue weighted by molar-refractivity contribution is -0.384. The summed E-state index contributed by atoms with van der Waals surface area (Å²) in [5, 5.41) is 10.6. The van der Waals surface area contributed by atoms with Crippen molar-refractivity contribution in [2.45, 2.75) is 0 Å². The van der Waals surface area contributed by atoms with Crippen molar-refractivity contribution in [2.24, 2.45) is 0 Å². The summed E-state index contributed by atoms with van der Waals surface area (Å²) in [7, 11) is 1.99. The first-order valence-electron chi connectivity index (χ1n) is 6.01. The number of benzene rings is 1. The van der Waals surface area contributed by atoms with Crippen LogP contribution in [0.5, 0.6) is 0 Å². The first kappa shape index (κ1) is 15.0. The highest BCUT2D eigenvalue weighted by atomic mass is 35.5. The van der Waals surface area contributed by atoms with Crippen LogP contribution in [0.25, 0.3) is 0 Å². The second-order valence-electron chi connectivity index (χ2n) is 4.65. The Balaban J connectivity index is 2.46. The zero-order valence-electron chi connectivity index (χ0n) is 10.8. The molecule has 1 aromatic rings. The number of likely N-dealkylation sites (N-methyl/N-ethyl adjacent to an activating group) is 1. The molecule has 1 saturated heterocycles. The molecule has 1 fully saturated rings. The van der Waals surface area contributed by atoms with Gasteiger partial charge in [0, 0.05) is 37.8 Å². The fraction of sp³-hybridized carbons (Fsp3) is 0.417. The quantitative estimate of drug-likeness (QED) is 0.486. The first-order valence-corrected chi connectivity index (χ1v) is 6.77. The van der Waals surface area contributed by atoms with Gasteiger partial charge in [-0.1, -0.05) is 11.6 Å². The molecule has 8 heteroatoms. The number of nitro benzene ring substituents is 1. The topological polar surface area (TPSA) is 66.7 Å². The van der Waals surface area contributed by atoms with Gasteiger partial charge in [0.15, 0.2) is 0 Å². The van der Waals surface area contributed by atoms with Gasteiger partial charge in [0.05, 0.1) is 9.95 Å². The molecule has 0 atom stereocenters. The number of anilines is 1. The number of hydrogen-bond donors (Lipinski definition) is 0. The van der Waals surface area contributed by atoms with Gasteiger partial charge in [0.2, 0.25) is 0 Å². The van der Waals surface area contributed by atoms with Gasteiger partial charge in [-0.25, -0.2) is 0 Å². The minimum Gasteiger partial charge on any atom is -0.362 e. The fourth-order valence-corrected chi connectivity index (χ4v) is 2.62. The van der Waals surface area contributed by atoms with Crippen LogP contribution < -0.4 is 4.90 Å². The first-order chi connectivity index (χ1) is 9.40. The molecule has 108 valence electrons. The SMILES string of the molecule is CN1CCN(c2c(Cl)cc(C(=O)Cl)cc2[N+](=O)[O-])CC1. The number of nitrogens with zero attached hydrogens (tertiary/aromatic N) is 3. The largest absolute Gasteiger partial charge is 0.362 e. The summed E-state index contributed by atoms with van der Waals surface area (Å²) in [6, 6.07) is 2.55.